The normalized spacial score (nSPS) is 11.2. The summed E-state index contributed by atoms with van der Waals surface area (Å²) < 4.78 is 45.2. The smallest absolute Gasteiger partial charge is 0.416 e. The lowest BCUT2D eigenvalue weighted by Gasteiger charge is -2.13. The molecule has 2 aromatic heterocycles. The van der Waals surface area contributed by atoms with Crippen molar-refractivity contribution >= 4 is 45.1 Å². The van der Waals surface area contributed by atoms with Gasteiger partial charge in [0.1, 0.15) is 33.7 Å². The molecule has 1 aromatic carbocycles. The van der Waals surface area contributed by atoms with Crippen LogP contribution < -0.4 is 0 Å². The van der Waals surface area contributed by atoms with E-state index < -0.39 is 27.8 Å². The largest absolute Gasteiger partial charge is 0.462 e. The highest BCUT2D eigenvalue weighted by molar-refractivity contribution is 9.10. The number of hydrogen-bond donors (Lipinski definition) is 1. The second-order valence-corrected chi connectivity index (χ2v) is 7.53. The summed E-state index contributed by atoms with van der Waals surface area (Å²) in [7, 11) is 0. The first-order valence-electron chi connectivity index (χ1n) is 8.46. The maximum absolute atomic E-state index is 13.1. The van der Waals surface area contributed by atoms with Crippen molar-refractivity contribution in [1.29, 1.82) is 10.5 Å². The van der Waals surface area contributed by atoms with Crippen molar-refractivity contribution in [3.05, 3.63) is 49.3 Å². The summed E-state index contributed by atoms with van der Waals surface area (Å²) in [6.07, 6.45) is -4.69. The Hall–Kier alpha value is -3.06. The Balaban J connectivity index is 2.30. The number of nitriles is 2. The second kappa shape index (κ2) is 8.82. The highest BCUT2D eigenvalue weighted by atomic mass is 79.9. The third-order valence-electron chi connectivity index (χ3n) is 4.01. The van der Waals surface area contributed by atoms with E-state index in [1.54, 1.807) is 19.1 Å². The minimum absolute atomic E-state index is 0.00271. The Morgan fingerprint density at radius 3 is 2.38 bits per heavy atom. The number of benzene rings is 1. The zero-order chi connectivity index (χ0) is 23.8. The monoisotopic (exact) mass is 546 g/mol. The lowest BCUT2D eigenvalue weighted by molar-refractivity contribution is -0.137. The van der Waals surface area contributed by atoms with Gasteiger partial charge in [-0.3, -0.25) is 0 Å². The third-order valence-corrected chi connectivity index (χ3v) is 5.32. The quantitative estimate of drug-likeness (QED) is 0.444. The number of nitrogens with zero attached hydrogens (tertiary/aromatic N) is 5. The number of rotatable bonds is 4. The second-order valence-electron chi connectivity index (χ2n) is 5.97. The van der Waals surface area contributed by atoms with Gasteiger partial charge in [-0.05, 0) is 35.0 Å². The molecule has 2 heterocycles. The van der Waals surface area contributed by atoms with Gasteiger partial charge >= 0.3 is 12.1 Å². The Kier molecular flexibility index (Phi) is 6.51. The van der Waals surface area contributed by atoms with Gasteiger partial charge in [0.2, 0.25) is 0 Å². The summed E-state index contributed by atoms with van der Waals surface area (Å²) in [5.41, 5.74) is -1.98. The highest BCUT2D eigenvalue weighted by Crippen LogP contribution is 2.40. The van der Waals surface area contributed by atoms with E-state index in [4.69, 9.17) is 38.5 Å². The molecule has 0 aliphatic carbocycles. The molecule has 14 heteroatoms. The molecule has 0 saturated heterocycles. The SMILES string of the molecule is CCOC(=O)c1c(-c2nc(C#N)c(C#N)[nH]2)nn(-c2c(Cl)cc(C(F)(F)F)cc2Cl)c1Br. The molecule has 0 saturated carbocycles. The van der Waals surface area contributed by atoms with E-state index in [9.17, 15) is 18.0 Å². The van der Waals surface area contributed by atoms with E-state index in [-0.39, 0.29) is 45.4 Å². The van der Waals surface area contributed by atoms with Crippen molar-refractivity contribution in [2.24, 2.45) is 0 Å². The van der Waals surface area contributed by atoms with Gasteiger partial charge in [0.15, 0.2) is 17.2 Å². The van der Waals surface area contributed by atoms with E-state index in [1.165, 1.54) is 0 Å². The number of imidazole rings is 1. The average molecular weight is 548 g/mol. The summed E-state index contributed by atoms with van der Waals surface area (Å²) in [6, 6.07) is 4.80. The van der Waals surface area contributed by atoms with Crippen LogP contribution >= 0.6 is 39.1 Å². The summed E-state index contributed by atoms with van der Waals surface area (Å²) in [6.45, 7) is 1.57. The molecule has 0 atom stereocenters. The number of hydrogen-bond acceptors (Lipinski definition) is 6. The predicted octanol–water partition coefficient (Wildman–Crippen LogP) is 5.27. The van der Waals surface area contributed by atoms with E-state index in [1.807, 2.05) is 0 Å². The zero-order valence-electron chi connectivity index (χ0n) is 15.7. The van der Waals surface area contributed by atoms with Gasteiger partial charge in [0.05, 0.1) is 22.2 Å². The van der Waals surface area contributed by atoms with Crippen LogP contribution in [0.5, 0.6) is 0 Å². The minimum atomic E-state index is -4.69. The Morgan fingerprint density at radius 1 is 1.28 bits per heavy atom. The van der Waals surface area contributed by atoms with E-state index in [0.717, 1.165) is 4.68 Å². The maximum atomic E-state index is 13.1. The van der Waals surface area contributed by atoms with Crippen molar-refractivity contribution < 1.29 is 22.7 Å². The fraction of sp³-hybridized carbons (Fsp3) is 0.167. The lowest BCUT2D eigenvalue weighted by Crippen LogP contribution is -2.08. The molecular formula is C18H8BrCl2F3N6O2. The molecule has 0 aliphatic rings. The van der Waals surface area contributed by atoms with Crippen LogP contribution in [0.3, 0.4) is 0 Å². The van der Waals surface area contributed by atoms with Crippen LogP contribution in [0.1, 0.15) is 34.2 Å². The van der Waals surface area contributed by atoms with Gasteiger partial charge < -0.3 is 9.72 Å². The van der Waals surface area contributed by atoms with Crippen LogP contribution in [-0.2, 0) is 10.9 Å². The van der Waals surface area contributed by atoms with Crippen molar-refractivity contribution in [3.63, 3.8) is 0 Å². The van der Waals surface area contributed by atoms with Gasteiger partial charge in [-0.1, -0.05) is 23.2 Å². The topological polar surface area (TPSA) is 120 Å². The van der Waals surface area contributed by atoms with Crippen LogP contribution in [0.25, 0.3) is 17.2 Å². The van der Waals surface area contributed by atoms with Crippen molar-refractivity contribution in [3.8, 4) is 29.3 Å². The number of aromatic nitrogens is 4. The number of nitrogens with one attached hydrogen (secondary N) is 1. The van der Waals surface area contributed by atoms with Gasteiger partial charge in [0, 0.05) is 0 Å². The van der Waals surface area contributed by atoms with Crippen LogP contribution in [-0.4, -0.2) is 32.3 Å². The lowest BCUT2D eigenvalue weighted by atomic mass is 10.2. The van der Waals surface area contributed by atoms with Crippen molar-refractivity contribution in [2.75, 3.05) is 6.61 Å². The molecule has 0 fully saturated rings. The number of alkyl halides is 3. The fourth-order valence-corrected chi connectivity index (χ4v) is 3.93. The van der Waals surface area contributed by atoms with Crippen molar-refractivity contribution in [1.82, 2.24) is 19.7 Å². The third kappa shape index (κ3) is 4.17. The first kappa shape index (κ1) is 23.6. The number of H-pyrrole nitrogens is 1. The standard InChI is InChI=1S/C18H8BrCl2F3N6O2/c1-2-32-17(31)12-13(16-27-10(5-25)11(6-26)28-16)29-30(15(12)19)14-8(20)3-7(4-9(14)21)18(22,23)24/h3-4H,2H2,1H3,(H,27,28). The average Bonchev–Trinajstić information content (AvgIpc) is 3.28. The number of esters is 1. The summed E-state index contributed by atoms with van der Waals surface area (Å²) in [4.78, 5) is 19.1. The molecule has 3 aromatic rings. The van der Waals surface area contributed by atoms with Crippen LogP contribution in [0, 0.1) is 22.7 Å². The molecule has 164 valence electrons. The molecule has 0 radical (unpaired) electrons. The Labute approximate surface area is 196 Å². The minimum Gasteiger partial charge on any atom is -0.462 e. The first-order chi connectivity index (χ1) is 15.0. The molecular weight excluding hydrogens is 540 g/mol. The number of aromatic amines is 1. The number of halogens is 6. The van der Waals surface area contributed by atoms with Gasteiger partial charge in [0.25, 0.3) is 0 Å². The van der Waals surface area contributed by atoms with E-state index in [2.05, 4.69) is 31.0 Å². The van der Waals surface area contributed by atoms with Crippen LogP contribution in [0.2, 0.25) is 10.0 Å². The number of carbonyl (C=O) groups is 1. The molecule has 8 nitrogen and oxygen atoms in total. The molecule has 0 aliphatic heterocycles. The molecule has 0 amide bonds. The van der Waals surface area contributed by atoms with Gasteiger partial charge in [-0.2, -0.15) is 28.8 Å². The summed E-state index contributed by atoms with van der Waals surface area (Å²) in [5.74, 6) is -0.979. The molecule has 32 heavy (non-hydrogen) atoms. The number of ether oxygens (including phenoxy) is 1. The molecule has 1 N–H and O–H groups in total. The van der Waals surface area contributed by atoms with Crippen molar-refractivity contribution in [2.45, 2.75) is 13.1 Å². The number of carbonyl (C=O) groups excluding carboxylic acids is 1. The van der Waals surface area contributed by atoms with Crippen LogP contribution in [0.15, 0.2) is 16.7 Å². The molecule has 3 rings (SSSR count). The molecule has 0 spiro atoms. The summed E-state index contributed by atoms with van der Waals surface area (Å²) in [5, 5.41) is 21.7. The maximum Gasteiger partial charge on any atom is 0.416 e. The van der Waals surface area contributed by atoms with E-state index >= 15 is 0 Å². The zero-order valence-corrected chi connectivity index (χ0v) is 18.8. The summed E-state index contributed by atoms with van der Waals surface area (Å²) >= 11 is 15.3. The highest BCUT2D eigenvalue weighted by Gasteiger charge is 2.34. The van der Waals surface area contributed by atoms with Gasteiger partial charge in [-0.25, -0.2) is 14.5 Å². The molecule has 0 unspecified atom stereocenters. The Morgan fingerprint density at radius 2 is 1.91 bits per heavy atom. The van der Waals surface area contributed by atoms with E-state index in [0.29, 0.717) is 12.1 Å². The predicted molar refractivity (Wildman–Crippen MR) is 109 cm³/mol. The molecule has 0 bridgehead atoms. The van der Waals surface area contributed by atoms with Crippen LogP contribution in [0.4, 0.5) is 13.2 Å². The first-order valence-corrected chi connectivity index (χ1v) is 10.0. The Bertz CT molecular complexity index is 1270. The van der Waals surface area contributed by atoms with Gasteiger partial charge in [-0.15, -0.1) is 0 Å². The fourth-order valence-electron chi connectivity index (χ4n) is 2.67.